The second kappa shape index (κ2) is 7.12. The Kier molecular flexibility index (Phi) is 5.79. The summed E-state index contributed by atoms with van der Waals surface area (Å²) in [7, 11) is 0. The first-order chi connectivity index (χ1) is 9.31. The molecular formula is C14H18FNO4. The first-order valence-corrected chi connectivity index (χ1v) is 6.25. The topological polar surface area (TPSA) is 86.6 Å². The summed E-state index contributed by atoms with van der Waals surface area (Å²) in [5.74, 6) is -1.98. The Morgan fingerprint density at radius 1 is 1.40 bits per heavy atom. The van der Waals surface area contributed by atoms with E-state index in [0.29, 0.717) is 5.56 Å². The lowest BCUT2D eigenvalue weighted by Gasteiger charge is -2.17. The fourth-order valence-corrected chi connectivity index (χ4v) is 1.74. The van der Waals surface area contributed by atoms with Gasteiger partial charge in [-0.1, -0.05) is 0 Å². The highest BCUT2D eigenvalue weighted by molar-refractivity contribution is 6.01. The summed E-state index contributed by atoms with van der Waals surface area (Å²) in [4.78, 5) is 23.0. The van der Waals surface area contributed by atoms with E-state index in [-0.39, 0.29) is 12.1 Å². The van der Waals surface area contributed by atoms with Crippen molar-refractivity contribution in [3.8, 4) is 0 Å². The van der Waals surface area contributed by atoms with Crippen molar-refractivity contribution in [3.63, 3.8) is 0 Å². The van der Waals surface area contributed by atoms with Gasteiger partial charge in [-0.3, -0.25) is 9.59 Å². The van der Waals surface area contributed by atoms with E-state index in [1.165, 1.54) is 32.0 Å². The predicted molar refractivity (Wildman–Crippen MR) is 71.2 cm³/mol. The number of aliphatic carboxylic acids is 1. The van der Waals surface area contributed by atoms with Gasteiger partial charge in [0.1, 0.15) is 5.82 Å². The minimum Gasteiger partial charge on any atom is -0.481 e. The number of hydrogen-bond donors (Lipinski definition) is 3. The number of nitrogens with one attached hydrogen (secondary N) is 1. The van der Waals surface area contributed by atoms with Crippen LogP contribution in [-0.2, 0) is 4.79 Å². The summed E-state index contributed by atoms with van der Waals surface area (Å²) in [6.45, 7) is 3.16. The number of ketones is 1. The molecule has 0 aromatic heterocycles. The highest BCUT2D eigenvalue weighted by atomic mass is 19.1. The molecule has 5 nitrogen and oxygen atoms in total. The molecule has 2 atom stereocenters. The number of carboxylic acids is 1. The second-order valence-electron chi connectivity index (χ2n) is 4.74. The molecule has 110 valence electrons. The third-order valence-electron chi connectivity index (χ3n) is 2.80. The van der Waals surface area contributed by atoms with Gasteiger partial charge < -0.3 is 15.5 Å². The highest BCUT2D eigenvalue weighted by Crippen LogP contribution is 2.12. The zero-order chi connectivity index (χ0) is 15.3. The SMILES string of the molecule is Cc1cc(C(=O)C(CC(=O)O)NCC(C)O)ccc1F. The zero-order valence-corrected chi connectivity index (χ0v) is 11.4. The van der Waals surface area contributed by atoms with E-state index < -0.39 is 36.1 Å². The van der Waals surface area contributed by atoms with Crippen molar-refractivity contribution in [1.82, 2.24) is 5.32 Å². The van der Waals surface area contributed by atoms with Crippen LogP contribution in [0.15, 0.2) is 18.2 Å². The van der Waals surface area contributed by atoms with Crippen LogP contribution in [-0.4, -0.2) is 40.7 Å². The Balaban J connectivity index is 2.90. The maximum Gasteiger partial charge on any atom is 0.305 e. The van der Waals surface area contributed by atoms with Gasteiger partial charge in [-0.05, 0) is 37.6 Å². The van der Waals surface area contributed by atoms with Gasteiger partial charge in [0.05, 0.1) is 18.6 Å². The number of hydrogen-bond acceptors (Lipinski definition) is 4. The molecule has 0 bridgehead atoms. The van der Waals surface area contributed by atoms with Crippen molar-refractivity contribution in [2.75, 3.05) is 6.54 Å². The molecule has 0 heterocycles. The molecule has 0 radical (unpaired) electrons. The molecule has 3 N–H and O–H groups in total. The van der Waals surface area contributed by atoms with Crippen molar-refractivity contribution in [2.45, 2.75) is 32.4 Å². The van der Waals surface area contributed by atoms with E-state index in [2.05, 4.69) is 5.32 Å². The molecule has 0 aliphatic carbocycles. The molecular weight excluding hydrogens is 265 g/mol. The van der Waals surface area contributed by atoms with Crippen LogP contribution in [0.25, 0.3) is 0 Å². The lowest BCUT2D eigenvalue weighted by atomic mass is 9.99. The summed E-state index contributed by atoms with van der Waals surface area (Å²) in [6, 6.07) is 2.93. The van der Waals surface area contributed by atoms with Crippen LogP contribution in [0.1, 0.15) is 29.3 Å². The van der Waals surface area contributed by atoms with E-state index >= 15 is 0 Å². The Labute approximate surface area is 116 Å². The van der Waals surface area contributed by atoms with E-state index in [9.17, 15) is 19.1 Å². The maximum absolute atomic E-state index is 13.2. The molecule has 0 saturated heterocycles. The monoisotopic (exact) mass is 283 g/mol. The van der Waals surface area contributed by atoms with Gasteiger partial charge in [0.2, 0.25) is 0 Å². The number of carbonyl (C=O) groups excluding carboxylic acids is 1. The predicted octanol–water partition coefficient (Wildman–Crippen LogP) is 1.13. The van der Waals surface area contributed by atoms with Gasteiger partial charge in [0, 0.05) is 12.1 Å². The number of halogens is 1. The first-order valence-electron chi connectivity index (χ1n) is 6.25. The quantitative estimate of drug-likeness (QED) is 0.653. The molecule has 2 unspecified atom stereocenters. The van der Waals surface area contributed by atoms with Crippen LogP contribution in [0.4, 0.5) is 4.39 Å². The summed E-state index contributed by atoms with van der Waals surface area (Å²) in [5.41, 5.74) is 0.564. The summed E-state index contributed by atoms with van der Waals surface area (Å²) < 4.78 is 13.2. The molecule has 1 aromatic carbocycles. The van der Waals surface area contributed by atoms with Crippen LogP contribution in [0.3, 0.4) is 0 Å². The zero-order valence-electron chi connectivity index (χ0n) is 11.4. The molecule has 1 aromatic rings. The summed E-state index contributed by atoms with van der Waals surface area (Å²) >= 11 is 0. The molecule has 0 spiro atoms. The lowest BCUT2D eigenvalue weighted by Crippen LogP contribution is -2.41. The number of aliphatic hydroxyl groups is 1. The molecule has 0 fully saturated rings. The van der Waals surface area contributed by atoms with Gasteiger partial charge in [0.15, 0.2) is 5.78 Å². The molecule has 0 saturated carbocycles. The van der Waals surface area contributed by atoms with Crippen LogP contribution in [0.2, 0.25) is 0 Å². The van der Waals surface area contributed by atoms with Gasteiger partial charge in [-0.2, -0.15) is 0 Å². The van der Waals surface area contributed by atoms with Crippen LogP contribution < -0.4 is 5.32 Å². The number of carboxylic acid groups (broad SMARTS) is 1. The summed E-state index contributed by atoms with van der Waals surface area (Å²) in [6.07, 6.45) is -1.10. The number of benzene rings is 1. The van der Waals surface area contributed by atoms with E-state index in [1.807, 2.05) is 0 Å². The van der Waals surface area contributed by atoms with Gasteiger partial charge in [-0.25, -0.2) is 4.39 Å². The van der Waals surface area contributed by atoms with Gasteiger partial charge >= 0.3 is 5.97 Å². The number of carbonyl (C=O) groups is 2. The van der Waals surface area contributed by atoms with Crippen LogP contribution in [0, 0.1) is 12.7 Å². The normalized spacial score (nSPS) is 13.8. The van der Waals surface area contributed by atoms with Crippen molar-refractivity contribution < 1.29 is 24.2 Å². The highest BCUT2D eigenvalue weighted by Gasteiger charge is 2.23. The Bertz CT molecular complexity index is 502. The van der Waals surface area contributed by atoms with Gasteiger partial charge in [-0.15, -0.1) is 0 Å². The molecule has 0 amide bonds. The number of rotatable bonds is 7. The minimum absolute atomic E-state index is 0.101. The van der Waals surface area contributed by atoms with Crippen molar-refractivity contribution in [2.24, 2.45) is 0 Å². The third kappa shape index (κ3) is 4.71. The number of aliphatic hydroxyl groups excluding tert-OH is 1. The van der Waals surface area contributed by atoms with E-state index in [1.54, 1.807) is 0 Å². The third-order valence-corrected chi connectivity index (χ3v) is 2.80. The van der Waals surface area contributed by atoms with Crippen molar-refractivity contribution in [3.05, 3.63) is 35.1 Å². The van der Waals surface area contributed by atoms with Crippen molar-refractivity contribution >= 4 is 11.8 Å². The van der Waals surface area contributed by atoms with Crippen molar-refractivity contribution in [1.29, 1.82) is 0 Å². The maximum atomic E-state index is 13.2. The lowest BCUT2D eigenvalue weighted by molar-refractivity contribution is -0.137. The average Bonchev–Trinajstić information content (AvgIpc) is 2.36. The Hall–Kier alpha value is -1.79. The minimum atomic E-state index is -1.12. The largest absolute Gasteiger partial charge is 0.481 e. The van der Waals surface area contributed by atoms with Gasteiger partial charge in [0.25, 0.3) is 0 Å². The molecule has 20 heavy (non-hydrogen) atoms. The Morgan fingerprint density at radius 2 is 2.05 bits per heavy atom. The molecule has 0 aliphatic heterocycles. The van der Waals surface area contributed by atoms with E-state index in [0.717, 1.165) is 0 Å². The number of Topliss-reactive ketones (excluding diaryl/α,β-unsaturated/α-hetero) is 1. The van der Waals surface area contributed by atoms with E-state index in [4.69, 9.17) is 5.11 Å². The Morgan fingerprint density at radius 3 is 2.55 bits per heavy atom. The molecule has 0 aliphatic rings. The smallest absolute Gasteiger partial charge is 0.305 e. The molecule has 1 rings (SSSR count). The fraction of sp³-hybridized carbons (Fsp3) is 0.429. The van der Waals surface area contributed by atoms with Crippen LogP contribution >= 0.6 is 0 Å². The second-order valence-corrected chi connectivity index (χ2v) is 4.74. The standard InChI is InChI=1S/C14H18FNO4/c1-8-5-10(3-4-11(8)15)14(20)12(6-13(18)19)16-7-9(2)17/h3-5,9,12,16-17H,6-7H2,1-2H3,(H,18,19). The number of aryl methyl sites for hydroxylation is 1. The molecule has 6 heteroatoms. The fourth-order valence-electron chi connectivity index (χ4n) is 1.74. The van der Waals surface area contributed by atoms with Crippen LogP contribution in [0.5, 0.6) is 0 Å². The average molecular weight is 283 g/mol. The first kappa shape index (κ1) is 16.3. The summed E-state index contributed by atoms with van der Waals surface area (Å²) in [5, 5.41) is 20.7.